The summed E-state index contributed by atoms with van der Waals surface area (Å²) in [5.41, 5.74) is 4.48. The summed E-state index contributed by atoms with van der Waals surface area (Å²) in [6.45, 7) is 3.35. The number of nitrogens with zero attached hydrogens (tertiary/aromatic N) is 3. The molecular formula is C22H24N4OS. The molecule has 0 bridgehead atoms. The lowest BCUT2D eigenvalue weighted by molar-refractivity contribution is 0.182. The second kappa shape index (κ2) is 8.52. The molecule has 6 heteroatoms. The maximum absolute atomic E-state index is 12.9. The molecule has 0 spiro atoms. The molecule has 2 amide bonds. The van der Waals surface area contributed by atoms with Gasteiger partial charge in [-0.1, -0.05) is 42.0 Å². The van der Waals surface area contributed by atoms with Crippen LogP contribution in [0.5, 0.6) is 0 Å². The first-order chi connectivity index (χ1) is 13.7. The van der Waals surface area contributed by atoms with Crippen LogP contribution < -0.4 is 5.32 Å². The van der Waals surface area contributed by atoms with Crippen LogP contribution >= 0.6 is 11.8 Å². The summed E-state index contributed by atoms with van der Waals surface area (Å²) in [7, 11) is 0. The quantitative estimate of drug-likeness (QED) is 0.725. The topological polar surface area (TPSA) is 50.2 Å². The average molecular weight is 393 g/mol. The van der Waals surface area contributed by atoms with E-state index in [0.717, 1.165) is 29.3 Å². The van der Waals surface area contributed by atoms with E-state index in [4.69, 9.17) is 0 Å². The Morgan fingerprint density at radius 1 is 1.21 bits per heavy atom. The van der Waals surface area contributed by atoms with Crippen LogP contribution in [-0.4, -0.2) is 38.8 Å². The third kappa shape index (κ3) is 4.22. The van der Waals surface area contributed by atoms with Crippen molar-refractivity contribution >= 4 is 17.8 Å². The first kappa shape index (κ1) is 18.6. The highest BCUT2D eigenvalue weighted by Gasteiger charge is 2.28. The fourth-order valence-corrected chi connectivity index (χ4v) is 4.51. The van der Waals surface area contributed by atoms with E-state index in [0.29, 0.717) is 6.54 Å². The summed E-state index contributed by atoms with van der Waals surface area (Å²) in [5, 5.41) is 7.37. The van der Waals surface area contributed by atoms with Gasteiger partial charge in [0.15, 0.2) is 0 Å². The maximum Gasteiger partial charge on any atom is 0.318 e. The van der Waals surface area contributed by atoms with Gasteiger partial charge >= 0.3 is 6.03 Å². The summed E-state index contributed by atoms with van der Waals surface area (Å²) in [6.07, 6.45) is 3.67. The number of amides is 2. The van der Waals surface area contributed by atoms with Crippen LogP contribution in [0.25, 0.3) is 5.69 Å². The van der Waals surface area contributed by atoms with Crippen molar-refractivity contribution in [2.24, 2.45) is 0 Å². The van der Waals surface area contributed by atoms with E-state index in [1.165, 1.54) is 11.1 Å². The lowest BCUT2D eigenvalue weighted by atomic mass is 10.1. The van der Waals surface area contributed by atoms with Gasteiger partial charge in [-0.2, -0.15) is 16.9 Å². The molecule has 2 heterocycles. The van der Waals surface area contributed by atoms with Crippen LogP contribution in [0.3, 0.4) is 0 Å². The number of nitrogens with one attached hydrogen (secondary N) is 1. The molecule has 1 atom stereocenters. The zero-order chi connectivity index (χ0) is 19.3. The first-order valence-corrected chi connectivity index (χ1v) is 10.6. The van der Waals surface area contributed by atoms with Crippen molar-refractivity contribution in [3.63, 3.8) is 0 Å². The van der Waals surface area contributed by atoms with Crippen molar-refractivity contribution in [1.29, 1.82) is 0 Å². The molecule has 0 aliphatic carbocycles. The van der Waals surface area contributed by atoms with Crippen LogP contribution in [0.15, 0.2) is 67.0 Å². The van der Waals surface area contributed by atoms with Gasteiger partial charge < -0.3 is 10.2 Å². The predicted molar refractivity (Wildman–Crippen MR) is 114 cm³/mol. The van der Waals surface area contributed by atoms with Gasteiger partial charge in [-0.05, 0) is 36.2 Å². The number of urea groups is 1. The number of benzene rings is 2. The second-order valence-corrected chi connectivity index (χ2v) is 8.12. The van der Waals surface area contributed by atoms with Crippen molar-refractivity contribution in [3.8, 4) is 5.69 Å². The minimum Gasteiger partial charge on any atom is -0.334 e. The van der Waals surface area contributed by atoms with E-state index < -0.39 is 0 Å². The van der Waals surface area contributed by atoms with Gasteiger partial charge in [-0.3, -0.25) is 0 Å². The van der Waals surface area contributed by atoms with Gasteiger partial charge in [0.1, 0.15) is 0 Å². The normalized spacial score (nSPS) is 16.8. The van der Waals surface area contributed by atoms with Crippen molar-refractivity contribution < 1.29 is 4.79 Å². The fourth-order valence-electron chi connectivity index (χ4n) is 3.42. The Morgan fingerprint density at radius 2 is 2.07 bits per heavy atom. The van der Waals surface area contributed by atoms with Crippen LogP contribution in [0.4, 0.5) is 4.79 Å². The van der Waals surface area contributed by atoms with Crippen LogP contribution in [0.2, 0.25) is 0 Å². The van der Waals surface area contributed by atoms with E-state index in [1.54, 1.807) is 6.20 Å². The lowest BCUT2D eigenvalue weighted by Crippen LogP contribution is -2.46. The molecule has 1 N–H and O–H groups in total. The average Bonchev–Trinajstić information content (AvgIpc) is 3.28. The summed E-state index contributed by atoms with van der Waals surface area (Å²) < 4.78 is 1.82. The van der Waals surface area contributed by atoms with E-state index in [1.807, 2.05) is 51.8 Å². The molecule has 5 nitrogen and oxygen atoms in total. The summed E-state index contributed by atoms with van der Waals surface area (Å²) in [4.78, 5) is 14.9. The zero-order valence-electron chi connectivity index (χ0n) is 15.9. The number of thioether (sulfide) groups is 1. The first-order valence-electron chi connectivity index (χ1n) is 9.48. The Labute approximate surface area is 169 Å². The number of aromatic nitrogens is 2. The van der Waals surface area contributed by atoms with Gasteiger partial charge in [0, 0.05) is 37.0 Å². The Morgan fingerprint density at radius 3 is 2.86 bits per heavy atom. The van der Waals surface area contributed by atoms with Crippen LogP contribution in [-0.2, 0) is 6.54 Å². The molecule has 1 fully saturated rings. The Bertz CT molecular complexity index is 924. The molecule has 1 unspecified atom stereocenters. The highest BCUT2D eigenvalue weighted by Crippen LogP contribution is 2.29. The maximum atomic E-state index is 12.9. The number of rotatable bonds is 4. The fraction of sp³-hybridized carbons (Fsp3) is 0.273. The van der Waals surface area contributed by atoms with Crippen LogP contribution in [0, 0.1) is 6.92 Å². The third-order valence-corrected chi connectivity index (χ3v) is 6.00. The lowest BCUT2D eigenvalue weighted by Gasteiger charge is -2.35. The van der Waals surface area contributed by atoms with Gasteiger partial charge in [0.05, 0.1) is 11.7 Å². The summed E-state index contributed by atoms with van der Waals surface area (Å²) in [6, 6.07) is 18.6. The van der Waals surface area contributed by atoms with Crippen molar-refractivity contribution in [2.75, 3.05) is 18.1 Å². The molecule has 1 aromatic heterocycles. The minimum absolute atomic E-state index is 0.00429. The minimum atomic E-state index is -0.00429. The van der Waals surface area contributed by atoms with E-state index >= 15 is 0 Å². The van der Waals surface area contributed by atoms with Crippen molar-refractivity contribution in [2.45, 2.75) is 19.5 Å². The Hall–Kier alpha value is -2.73. The molecule has 1 aliphatic rings. The monoisotopic (exact) mass is 392 g/mol. The van der Waals surface area contributed by atoms with Gasteiger partial charge in [0.2, 0.25) is 0 Å². The van der Waals surface area contributed by atoms with Crippen LogP contribution in [0.1, 0.15) is 22.7 Å². The Balaban J connectivity index is 1.43. The number of hydrogen-bond donors (Lipinski definition) is 1. The number of carbonyl (C=O) groups excluding carboxylic acids is 1. The number of carbonyl (C=O) groups is 1. The second-order valence-electron chi connectivity index (χ2n) is 6.97. The summed E-state index contributed by atoms with van der Waals surface area (Å²) >= 11 is 1.91. The van der Waals surface area contributed by atoms with Gasteiger partial charge in [-0.25, -0.2) is 9.48 Å². The molecule has 1 aliphatic heterocycles. The van der Waals surface area contributed by atoms with Crippen molar-refractivity contribution in [1.82, 2.24) is 20.0 Å². The number of hydrogen-bond acceptors (Lipinski definition) is 3. The summed E-state index contributed by atoms with van der Waals surface area (Å²) in [5.74, 6) is 1.91. The SMILES string of the molecule is Cc1ccc(C2CSCCN2C(=O)NCc2cccc(-n3cccn3)c2)cc1. The smallest absolute Gasteiger partial charge is 0.318 e. The molecule has 144 valence electrons. The van der Waals surface area contributed by atoms with E-state index in [2.05, 4.69) is 47.7 Å². The highest BCUT2D eigenvalue weighted by molar-refractivity contribution is 7.99. The standard InChI is InChI=1S/C22H24N4OS/c1-17-6-8-19(9-7-17)21-16-28-13-12-25(21)22(27)23-15-18-4-2-5-20(14-18)26-11-3-10-24-26/h2-11,14,21H,12-13,15-16H2,1H3,(H,23,27). The molecule has 2 aromatic carbocycles. The third-order valence-electron chi connectivity index (χ3n) is 4.97. The van der Waals surface area contributed by atoms with E-state index in [-0.39, 0.29) is 12.1 Å². The zero-order valence-corrected chi connectivity index (χ0v) is 16.7. The molecule has 3 aromatic rings. The van der Waals surface area contributed by atoms with E-state index in [9.17, 15) is 4.79 Å². The number of aryl methyl sites for hydroxylation is 1. The predicted octanol–water partition coefficient (Wildman–Crippen LogP) is 4.18. The molecule has 0 saturated carbocycles. The van der Waals surface area contributed by atoms with Gasteiger partial charge in [0.25, 0.3) is 0 Å². The highest BCUT2D eigenvalue weighted by atomic mass is 32.2. The largest absolute Gasteiger partial charge is 0.334 e. The molecule has 1 saturated heterocycles. The van der Waals surface area contributed by atoms with Gasteiger partial charge in [-0.15, -0.1) is 0 Å². The molecule has 0 radical (unpaired) electrons. The molecular weight excluding hydrogens is 368 g/mol. The molecule has 4 rings (SSSR count). The molecule has 28 heavy (non-hydrogen) atoms. The Kier molecular flexibility index (Phi) is 5.67. The van der Waals surface area contributed by atoms with Crippen molar-refractivity contribution in [3.05, 3.63) is 83.7 Å².